The Balaban J connectivity index is 2.40. The van der Waals surface area contributed by atoms with Crippen molar-refractivity contribution in [3.63, 3.8) is 0 Å². The van der Waals surface area contributed by atoms with Gasteiger partial charge in [-0.25, -0.2) is 9.37 Å². The highest BCUT2D eigenvalue weighted by atomic mass is 35.5. The van der Waals surface area contributed by atoms with Crippen molar-refractivity contribution in [1.82, 2.24) is 9.97 Å². The van der Waals surface area contributed by atoms with E-state index in [1.165, 1.54) is 6.07 Å². The number of nitrogens with zero attached hydrogens (tertiary/aromatic N) is 1. The molecule has 0 radical (unpaired) electrons. The van der Waals surface area contributed by atoms with E-state index >= 15 is 0 Å². The molecule has 4 heteroatoms. The van der Waals surface area contributed by atoms with Crippen molar-refractivity contribution < 1.29 is 4.39 Å². The number of benzene rings is 1. The number of hydrogen-bond acceptors (Lipinski definition) is 1. The Labute approximate surface area is 92.1 Å². The number of imidazole rings is 1. The van der Waals surface area contributed by atoms with Crippen LogP contribution in [0.25, 0.3) is 11.4 Å². The van der Waals surface area contributed by atoms with Crippen molar-refractivity contribution >= 4 is 11.6 Å². The van der Waals surface area contributed by atoms with E-state index in [2.05, 4.69) is 9.97 Å². The molecule has 0 aliphatic heterocycles. The van der Waals surface area contributed by atoms with Gasteiger partial charge in [0.15, 0.2) is 0 Å². The fraction of sp³-hybridized carbons (Fsp3) is 0.182. The van der Waals surface area contributed by atoms with Gasteiger partial charge in [0, 0.05) is 17.5 Å². The molecule has 1 N–H and O–H groups in total. The lowest BCUT2D eigenvalue weighted by molar-refractivity contribution is 0.619. The van der Waals surface area contributed by atoms with E-state index in [1.807, 2.05) is 6.07 Å². The molecule has 0 unspecified atom stereocenters. The van der Waals surface area contributed by atoms with E-state index in [1.54, 1.807) is 19.2 Å². The molecule has 1 aromatic carbocycles. The van der Waals surface area contributed by atoms with Gasteiger partial charge in [0.25, 0.3) is 0 Å². The maximum absolute atomic E-state index is 13.3. The minimum Gasteiger partial charge on any atom is -0.341 e. The van der Waals surface area contributed by atoms with Crippen molar-refractivity contribution in [3.8, 4) is 11.4 Å². The zero-order valence-electron chi connectivity index (χ0n) is 8.22. The Morgan fingerprint density at radius 3 is 2.87 bits per heavy atom. The van der Waals surface area contributed by atoms with Crippen LogP contribution in [0.5, 0.6) is 0 Å². The minimum atomic E-state index is -0.226. The second-order valence-electron chi connectivity index (χ2n) is 3.35. The second kappa shape index (κ2) is 4.03. The Bertz CT molecular complexity index is 479. The summed E-state index contributed by atoms with van der Waals surface area (Å²) in [5.41, 5.74) is 2.19. The summed E-state index contributed by atoms with van der Waals surface area (Å²) < 4.78 is 13.3. The maximum atomic E-state index is 13.3. The third-order valence-electron chi connectivity index (χ3n) is 2.22. The fourth-order valence-corrected chi connectivity index (χ4v) is 1.45. The van der Waals surface area contributed by atoms with E-state index in [0.717, 1.165) is 11.3 Å². The van der Waals surface area contributed by atoms with Crippen LogP contribution in [0.1, 0.15) is 11.3 Å². The van der Waals surface area contributed by atoms with E-state index in [9.17, 15) is 4.39 Å². The largest absolute Gasteiger partial charge is 0.341 e. The minimum absolute atomic E-state index is 0.226. The van der Waals surface area contributed by atoms with Crippen molar-refractivity contribution in [2.75, 3.05) is 0 Å². The molecule has 0 saturated carbocycles. The SMILES string of the molecule is Cc1ccc(-c2ncc(CCl)[nH]2)cc1F. The van der Waals surface area contributed by atoms with E-state index in [0.29, 0.717) is 17.3 Å². The maximum Gasteiger partial charge on any atom is 0.137 e. The Morgan fingerprint density at radius 1 is 1.47 bits per heavy atom. The number of aromatic amines is 1. The van der Waals surface area contributed by atoms with E-state index in [4.69, 9.17) is 11.6 Å². The lowest BCUT2D eigenvalue weighted by atomic mass is 10.1. The summed E-state index contributed by atoms with van der Waals surface area (Å²) in [4.78, 5) is 7.14. The van der Waals surface area contributed by atoms with Crippen LogP contribution in [0.4, 0.5) is 4.39 Å². The average Bonchev–Trinajstić information content (AvgIpc) is 2.70. The molecule has 0 atom stereocenters. The molecule has 2 aromatic rings. The first-order valence-electron chi connectivity index (χ1n) is 4.57. The molecule has 78 valence electrons. The van der Waals surface area contributed by atoms with Crippen LogP contribution in [0, 0.1) is 12.7 Å². The van der Waals surface area contributed by atoms with Crippen molar-refractivity contribution in [1.29, 1.82) is 0 Å². The Morgan fingerprint density at radius 2 is 2.27 bits per heavy atom. The molecule has 0 amide bonds. The first-order chi connectivity index (χ1) is 7.20. The van der Waals surface area contributed by atoms with E-state index in [-0.39, 0.29) is 5.82 Å². The standard InChI is InChI=1S/C11H10ClFN2/c1-7-2-3-8(4-10(7)13)11-14-6-9(5-12)15-11/h2-4,6H,5H2,1H3,(H,14,15). The number of hydrogen-bond donors (Lipinski definition) is 1. The molecule has 2 nitrogen and oxygen atoms in total. The van der Waals surface area contributed by atoms with Crippen LogP contribution < -0.4 is 0 Å². The molecule has 1 heterocycles. The van der Waals surface area contributed by atoms with Crippen LogP contribution in [-0.2, 0) is 5.88 Å². The van der Waals surface area contributed by atoms with Crippen LogP contribution in [-0.4, -0.2) is 9.97 Å². The van der Waals surface area contributed by atoms with Gasteiger partial charge in [-0.1, -0.05) is 12.1 Å². The number of nitrogens with one attached hydrogen (secondary N) is 1. The monoisotopic (exact) mass is 224 g/mol. The molecule has 0 aliphatic carbocycles. The molecule has 0 fully saturated rings. The van der Waals surface area contributed by atoms with Gasteiger partial charge >= 0.3 is 0 Å². The van der Waals surface area contributed by atoms with Gasteiger partial charge in [0.05, 0.1) is 5.88 Å². The first-order valence-corrected chi connectivity index (χ1v) is 5.10. The lowest BCUT2D eigenvalue weighted by Gasteiger charge is -1.99. The summed E-state index contributed by atoms with van der Waals surface area (Å²) in [5, 5.41) is 0. The smallest absolute Gasteiger partial charge is 0.137 e. The zero-order valence-corrected chi connectivity index (χ0v) is 8.98. The van der Waals surface area contributed by atoms with Crippen LogP contribution in [0.3, 0.4) is 0 Å². The molecule has 1 aromatic heterocycles. The summed E-state index contributed by atoms with van der Waals surface area (Å²) in [6, 6.07) is 5.02. The fourth-order valence-electron chi connectivity index (χ4n) is 1.31. The van der Waals surface area contributed by atoms with Gasteiger partial charge in [0.2, 0.25) is 0 Å². The van der Waals surface area contributed by atoms with Gasteiger partial charge in [-0.15, -0.1) is 11.6 Å². The molecule has 0 spiro atoms. The highest BCUT2D eigenvalue weighted by Crippen LogP contribution is 2.19. The summed E-state index contributed by atoms with van der Waals surface area (Å²) in [5.74, 6) is 0.794. The van der Waals surface area contributed by atoms with Crippen LogP contribution >= 0.6 is 11.6 Å². The first kappa shape index (κ1) is 10.2. The molecule has 0 saturated heterocycles. The van der Waals surface area contributed by atoms with Crippen molar-refractivity contribution in [2.24, 2.45) is 0 Å². The lowest BCUT2D eigenvalue weighted by Crippen LogP contribution is -1.86. The third-order valence-corrected chi connectivity index (χ3v) is 2.51. The van der Waals surface area contributed by atoms with Gasteiger partial charge < -0.3 is 4.98 Å². The highest BCUT2D eigenvalue weighted by Gasteiger charge is 2.05. The normalized spacial score (nSPS) is 10.6. The topological polar surface area (TPSA) is 28.7 Å². The molecule has 2 rings (SSSR count). The highest BCUT2D eigenvalue weighted by molar-refractivity contribution is 6.16. The predicted molar refractivity (Wildman–Crippen MR) is 58.3 cm³/mol. The number of alkyl halides is 1. The van der Waals surface area contributed by atoms with Gasteiger partial charge in [-0.2, -0.15) is 0 Å². The molecule has 0 aliphatic rings. The van der Waals surface area contributed by atoms with Gasteiger partial charge in [-0.3, -0.25) is 0 Å². The Hall–Kier alpha value is -1.35. The van der Waals surface area contributed by atoms with Crippen LogP contribution in [0.15, 0.2) is 24.4 Å². The summed E-state index contributed by atoms with van der Waals surface area (Å²) in [6.45, 7) is 1.73. The number of aromatic nitrogens is 2. The molecule has 0 bridgehead atoms. The second-order valence-corrected chi connectivity index (χ2v) is 3.62. The average molecular weight is 225 g/mol. The number of rotatable bonds is 2. The van der Waals surface area contributed by atoms with Gasteiger partial charge in [0.1, 0.15) is 11.6 Å². The van der Waals surface area contributed by atoms with Gasteiger partial charge in [-0.05, 0) is 18.6 Å². The molecular formula is C11H10ClFN2. The number of H-pyrrole nitrogens is 1. The zero-order chi connectivity index (χ0) is 10.8. The third kappa shape index (κ3) is 2.02. The summed E-state index contributed by atoms with van der Waals surface area (Å²) in [6.07, 6.45) is 1.65. The number of halogens is 2. The quantitative estimate of drug-likeness (QED) is 0.780. The summed E-state index contributed by atoms with van der Waals surface area (Å²) in [7, 11) is 0. The number of aryl methyl sites for hydroxylation is 1. The van der Waals surface area contributed by atoms with Crippen molar-refractivity contribution in [3.05, 3.63) is 41.5 Å². The molecular weight excluding hydrogens is 215 g/mol. The van der Waals surface area contributed by atoms with Crippen LogP contribution in [0.2, 0.25) is 0 Å². The van der Waals surface area contributed by atoms with Crippen molar-refractivity contribution in [2.45, 2.75) is 12.8 Å². The Kier molecular flexibility index (Phi) is 2.73. The summed E-state index contributed by atoms with van der Waals surface area (Å²) >= 11 is 5.64. The van der Waals surface area contributed by atoms with E-state index < -0.39 is 0 Å². The predicted octanol–water partition coefficient (Wildman–Crippen LogP) is 3.26. The molecule has 15 heavy (non-hydrogen) atoms.